The van der Waals surface area contributed by atoms with Crippen molar-refractivity contribution in [3.8, 4) is 11.4 Å². The molecule has 1 aromatic heterocycles. The van der Waals surface area contributed by atoms with Gasteiger partial charge in [0.25, 0.3) is 0 Å². The first kappa shape index (κ1) is 18.1. The lowest BCUT2D eigenvalue weighted by molar-refractivity contribution is -0.113. The van der Waals surface area contributed by atoms with Gasteiger partial charge in [0, 0.05) is 18.1 Å². The van der Waals surface area contributed by atoms with Crippen molar-refractivity contribution in [1.29, 1.82) is 0 Å². The SMILES string of the molecule is COc1ccc(C)cc1NC(=O)CSc1nccn1-c1cccc(C)c1. The summed E-state index contributed by atoms with van der Waals surface area (Å²) < 4.78 is 7.29. The Balaban J connectivity index is 1.68. The first-order chi connectivity index (χ1) is 12.6. The van der Waals surface area contributed by atoms with Crippen LogP contribution < -0.4 is 10.1 Å². The number of nitrogens with one attached hydrogen (secondary N) is 1. The molecule has 3 rings (SSSR count). The second-order valence-corrected chi connectivity index (χ2v) is 6.90. The Hall–Kier alpha value is -2.73. The lowest BCUT2D eigenvalue weighted by Gasteiger charge is -2.11. The fraction of sp³-hybridized carbons (Fsp3) is 0.200. The van der Waals surface area contributed by atoms with E-state index >= 15 is 0 Å². The van der Waals surface area contributed by atoms with Crippen LogP contribution in [0.2, 0.25) is 0 Å². The van der Waals surface area contributed by atoms with Crippen molar-refractivity contribution in [2.45, 2.75) is 19.0 Å². The summed E-state index contributed by atoms with van der Waals surface area (Å²) in [7, 11) is 1.59. The predicted octanol–water partition coefficient (Wildman–Crippen LogP) is 4.23. The van der Waals surface area contributed by atoms with Gasteiger partial charge in [0.15, 0.2) is 5.16 Å². The van der Waals surface area contributed by atoms with Gasteiger partial charge in [0.1, 0.15) is 5.75 Å². The van der Waals surface area contributed by atoms with Gasteiger partial charge < -0.3 is 10.1 Å². The summed E-state index contributed by atoms with van der Waals surface area (Å²) in [6.45, 7) is 4.03. The van der Waals surface area contributed by atoms with E-state index in [-0.39, 0.29) is 11.7 Å². The molecule has 0 aliphatic heterocycles. The smallest absolute Gasteiger partial charge is 0.234 e. The van der Waals surface area contributed by atoms with Crippen molar-refractivity contribution >= 4 is 23.4 Å². The Labute approximate surface area is 157 Å². The van der Waals surface area contributed by atoms with Crippen molar-refractivity contribution < 1.29 is 9.53 Å². The summed E-state index contributed by atoms with van der Waals surface area (Å²) in [6, 6.07) is 13.9. The molecule has 0 aliphatic rings. The van der Waals surface area contributed by atoms with Crippen molar-refractivity contribution in [1.82, 2.24) is 9.55 Å². The third-order valence-electron chi connectivity index (χ3n) is 3.85. The first-order valence-corrected chi connectivity index (χ1v) is 9.23. The van der Waals surface area contributed by atoms with Crippen LogP contribution in [-0.4, -0.2) is 28.3 Å². The quantitative estimate of drug-likeness (QED) is 0.663. The van der Waals surface area contributed by atoms with Crippen molar-refractivity contribution in [2.75, 3.05) is 18.2 Å². The number of hydrogen-bond acceptors (Lipinski definition) is 4. The molecule has 6 heteroatoms. The number of hydrogen-bond donors (Lipinski definition) is 1. The van der Waals surface area contributed by atoms with Crippen LogP contribution in [0, 0.1) is 13.8 Å². The zero-order valence-corrected chi connectivity index (χ0v) is 15.8. The molecule has 0 saturated heterocycles. The number of imidazole rings is 1. The monoisotopic (exact) mass is 367 g/mol. The molecular weight excluding hydrogens is 346 g/mol. The van der Waals surface area contributed by atoms with Crippen LogP contribution in [0.15, 0.2) is 60.0 Å². The minimum Gasteiger partial charge on any atom is -0.495 e. The van der Waals surface area contributed by atoms with Crippen LogP contribution >= 0.6 is 11.8 Å². The lowest BCUT2D eigenvalue weighted by Crippen LogP contribution is -2.15. The molecule has 134 valence electrons. The average Bonchev–Trinajstić information content (AvgIpc) is 3.09. The van der Waals surface area contributed by atoms with Gasteiger partial charge >= 0.3 is 0 Å². The normalized spacial score (nSPS) is 10.6. The van der Waals surface area contributed by atoms with E-state index in [0.29, 0.717) is 11.4 Å². The molecule has 0 fully saturated rings. The number of anilines is 1. The number of thioether (sulfide) groups is 1. The number of carbonyl (C=O) groups is 1. The molecule has 1 amide bonds. The highest BCUT2D eigenvalue weighted by Gasteiger charge is 2.11. The van der Waals surface area contributed by atoms with E-state index in [4.69, 9.17) is 4.74 Å². The molecule has 1 heterocycles. The molecule has 0 bridgehead atoms. The van der Waals surface area contributed by atoms with Gasteiger partial charge in [-0.25, -0.2) is 4.98 Å². The Bertz CT molecular complexity index is 921. The minimum absolute atomic E-state index is 0.0994. The Morgan fingerprint density at radius 3 is 2.77 bits per heavy atom. The second kappa shape index (κ2) is 8.10. The Kier molecular flexibility index (Phi) is 5.63. The minimum atomic E-state index is -0.0994. The van der Waals surface area contributed by atoms with Crippen molar-refractivity contribution in [3.63, 3.8) is 0 Å². The third kappa shape index (κ3) is 4.26. The molecule has 5 nitrogen and oxygen atoms in total. The van der Waals surface area contributed by atoms with E-state index in [1.807, 2.05) is 48.0 Å². The van der Waals surface area contributed by atoms with E-state index in [9.17, 15) is 4.79 Å². The number of carbonyl (C=O) groups excluding carboxylic acids is 1. The van der Waals surface area contributed by atoms with E-state index in [1.54, 1.807) is 13.3 Å². The predicted molar refractivity (Wildman–Crippen MR) is 105 cm³/mol. The van der Waals surface area contributed by atoms with E-state index in [2.05, 4.69) is 29.4 Å². The third-order valence-corrected chi connectivity index (χ3v) is 4.81. The first-order valence-electron chi connectivity index (χ1n) is 8.24. The molecule has 3 aromatic rings. The number of amides is 1. The standard InChI is InChI=1S/C20H21N3O2S/c1-14-5-4-6-16(11-14)23-10-9-21-20(23)26-13-19(24)22-17-12-15(2)7-8-18(17)25-3/h4-12H,13H2,1-3H3,(H,22,24). The summed E-state index contributed by atoms with van der Waals surface area (Å²) in [4.78, 5) is 16.7. The van der Waals surface area contributed by atoms with Gasteiger partial charge in [-0.15, -0.1) is 0 Å². The number of aromatic nitrogens is 2. The maximum Gasteiger partial charge on any atom is 0.234 e. The van der Waals surface area contributed by atoms with Gasteiger partial charge in [0.05, 0.1) is 18.6 Å². The number of benzene rings is 2. The summed E-state index contributed by atoms with van der Waals surface area (Å²) in [5, 5.41) is 3.69. The van der Waals surface area contributed by atoms with E-state index in [0.717, 1.165) is 16.4 Å². The average molecular weight is 367 g/mol. The number of nitrogens with zero attached hydrogens (tertiary/aromatic N) is 2. The van der Waals surface area contributed by atoms with Crippen LogP contribution in [0.25, 0.3) is 5.69 Å². The topological polar surface area (TPSA) is 56.1 Å². The molecule has 0 spiro atoms. The van der Waals surface area contributed by atoms with Crippen molar-refractivity contribution in [3.05, 3.63) is 66.0 Å². The van der Waals surface area contributed by atoms with Gasteiger partial charge in [-0.2, -0.15) is 0 Å². The van der Waals surface area contributed by atoms with Gasteiger partial charge in [-0.3, -0.25) is 9.36 Å². The summed E-state index contributed by atoms with van der Waals surface area (Å²) >= 11 is 1.40. The van der Waals surface area contributed by atoms with Gasteiger partial charge in [-0.1, -0.05) is 30.0 Å². The molecule has 0 aliphatic carbocycles. The summed E-state index contributed by atoms with van der Waals surface area (Å²) in [5.41, 5.74) is 3.95. The summed E-state index contributed by atoms with van der Waals surface area (Å²) in [5.74, 6) is 0.813. The largest absolute Gasteiger partial charge is 0.495 e. The van der Waals surface area contributed by atoms with Crippen LogP contribution in [-0.2, 0) is 4.79 Å². The zero-order valence-electron chi connectivity index (χ0n) is 15.0. The number of aryl methyl sites for hydroxylation is 2. The maximum atomic E-state index is 12.4. The fourth-order valence-electron chi connectivity index (χ4n) is 2.61. The number of rotatable bonds is 6. The molecule has 0 atom stereocenters. The Morgan fingerprint density at radius 2 is 2.00 bits per heavy atom. The number of ether oxygens (including phenoxy) is 1. The molecule has 2 aromatic carbocycles. The van der Waals surface area contributed by atoms with Crippen LogP contribution in [0.1, 0.15) is 11.1 Å². The lowest BCUT2D eigenvalue weighted by atomic mass is 10.2. The van der Waals surface area contributed by atoms with Crippen LogP contribution in [0.5, 0.6) is 5.75 Å². The highest BCUT2D eigenvalue weighted by atomic mass is 32.2. The zero-order chi connectivity index (χ0) is 18.5. The van der Waals surface area contributed by atoms with E-state index in [1.165, 1.54) is 17.3 Å². The fourth-order valence-corrected chi connectivity index (χ4v) is 3.38. The molecule has 26 heavy (non-hydrogen) atoms. The molecule has 0 saturated carbocycles. The van der Waals surface area contributed by atoms with Crippen LogP contribution in [0.3, 0.4) is 0 Å². The van der Waals surface area contributed by atoms with E-state index < -0.39 is 0 Å². The molecular formula is C20H21N3O2S. The van der Waals surface area contributed by atoms with Crippen LogP contribution in [0.4, 0.5) is 5.69 Å². The van der Waals surface area contributed by atoms with Crippen molar-refractivity contribution in [2.24, 2.45) is 0 Å². The highest BCUT2D eigenvalue weighted by molar-refractivity contribution is 7.99. The van der Waals surface area contributed by atoms with Gasteiger partial charge in [0.2, 0.25) is 5.91 Å². The molecule has 1 N–H and O–H groups in total. The highest BCUT2D eigenvalue weighted by Crippen LogP contribution is 2.26. The molecule has 0 radical (unpaired) electrons. The molecule has 0 unspecified atom stereocenters. The Morgan fingerprint density at radius 1 is 1.19 bits per heavy atom. The number of methoxy groups -OCH3 is 1. The maximum absolute atomic E-state index is 12.4. The van der Waals surface area contributed by atoms with Gasteiger partial charge in [-0.05, 0) is 49.2 Å². The summed E-state index contributed by atoms with van der Waals surface area (Å²) in [6.07, 6.45) is 3.64. The second-order valence-electron chi connectivity index (χ2n) is 5.96.